The minimum Gasteiger partial charge on any atom is -0.347 e. The standard InChI is InChI=1S/C18H16N2O2S2/c1-24-16(17(21)19-18(24)22)14-5-2-6-15-13(14)8-10-20(15)9-7-12-4-3-11-23-12/h2-6,8,10-11,16H,1,7,9H2,(H,19,21,22). The van der Waals surface area contributed by atoms with Crippen molar-refractivity contribution in [3.63, 3.8) is 0 Å². The number of fused-ring (bicyclic) bond motifs is 1. The third-order valence-corrected chi connectivity index (χ3v) is 6.85. The van der Waals surface area contributed by atoms with Gasteiger partial charge in [0.25, 0.3) is 5.24 Å². The number of hydrogen-bond donors (Lipinski definition) is 1. The van der Waals surface area contributed by atoms with Gasteiger partial charge in [-0.3, -0.25) is 14.9 Å². The van der Waals surface area contributed by atoms with Crippen molar-refractivity contribution in [1.82, 2.24) is 9.88 Å². The van der Waals surface area contributed by atoms with Crippen LogP contribution in [0.25, 0.3) is 10.9 Å². The average molecular weight is 356 g/mol. The Morgan fingerprint density at radius 1 is 1.21 bits per heavy atom. The highest BCUT2D eigenvalue weighted by molar-refractivity contribution is 8.28. The summed E-state index contributed by atoms with van der Waals surface area (Å²) in [6.45, 7) is 0.888. The molecule has 1 aliphatic rings. The van der Waals surface area contributed by atoms with Gasteiger partial charge in [0.2, 0.25) is 5.91 Å². The van der Waals surface area contributed by atoms with Gasteiger partial charge in [0.15, 0.2) is 0 Å². The average Bonchev–Trinajstić information content (AvgIpc) is 3.27. The number of rotatable bonds is 4. The Morgan fingerprint density at radius 2 is 2.08 bits per heavy atom. The highest BCUT2D eigenvalue weighted by atomic mass is 32.2. The van der Waals surface area contributed by atoms with Crippen molar-refractivity contribution < 1.29 is 9.59 Å². The van der Waals surface area contributed by atoms with E-state index in [1.807, 2.05) is 18.2 Å². The zero-order valence-corrected chi connectivity index (χ0v) is 14.5. The summed E-state index contributed by atoms with van der Waals surface area (Å²) in [5.41, 5.74) is 1.98. The molecule has 4 nitrogen and oxygen atoms in total. The molecule has 3 heterocycles. The summed E-state index contributed by atoms with van der Waals surface area (Å²) in [4.78, 5) is 25.3. The highest BCUT2D eigenvalue weighted by Gasteiger charge is 2.36. The largest absolute Gasteiger partial charge is 0.347 e. The summed E-state index contributed by atoms with van der Waals surface area (Å²) < 4.78 is 2.20. The lowest BCUT2D eigenvalue weighted by atomic mass is 10.1. The Morgan fingerprint density at radius 3 is 2.79 bits per heavy atom. The molecule has 1 aromatic carbocycles. The van der Waals surface area contributed by atoms with Crippen LogP contribution in [0.2, 0.25) is 0 Å². The predicted molar refractivity (Wildman–Crippen MR) is 101 cm³/mol. The molecule has 0 aliphatic carbocycles. The van der Waals surface area contributed by atoms with E-state index in [0.717, 1.165) is 29.4 Å². The number of amides is 2. The first-order valence-electron chi connectivity index (χ1n) is 7.63. The molecule has 3 aromatic rings. The van der Waals surface area contributed by atoms with Crippen LogP contribution >= 0.6 is 21.8 Å². The van der Waals surface area contributed by atoms with Gasteiger partial charge in [-0.1, -0.05) is 34.6 Å². The number of nitrogens with zero attached hydrogens (tertiary/aromatic N) is 1. The maximum atomic E-state index is 12.2. The number of benzene rings is 1. The highest BCUT2D eigenvalue weighted by Crippen LogP contribution is 2.42. The second-order valence-corrected chi connectivity index (χ2v) is 8.44. The first-order valence-corrected chi connectivity index (χ1v) is 9.96. The van der Waals surface area contributed by atoms with Gasteiger partial charge in [-0.05, 0) is 35.6 Å². The molecule has 24 heavy (non-hydrogen) atoms. The van der Waals surface area contributed by atoms with E-state index in [9.17, 15) is 9.59 Å². The van der Waals surface area contributed by atoms with Crippen LogP contribution in [0.5, 0.6) is 0 Å². The summed E-state index contributed by atoms with van der Waals surface area (Å²) in [6.07, 6.45) is 3.03. The van der Waals surface area contributed by atoms with Crippen molar-refractivity contribution in [2.75, 3.05) is 0 Å². The van der Waals surface area contributed by atoms with Gasteiger partial charge in [-0.2, -0.15) is 0 Å². The normalized spacial score (nSPS) is 20.7. The van der Waals surface area contributed by atoms with Crippen molar-refractivity contribution in [2.45, 2.75) is 18.2 Å². The van der Waals surface area contributed by atoms with Crippen molar-refractivity contribution in [3.05, 3.63) is 58.4 Å². The molecule has 2 unspecified atom stereocenters. The number of carbonyl (C=O) groups is 2. The maximum absolute atomic E-state index is 12.2. The first-order chi connectivity index (χ1) is 11.6. The van der Waals surface area contributed by atoms with E-state index in [0.29, 0.717) is 0 Å². The first kappa shape index (κ1) is 15.4. The lowest BCUT2D eigenvalue weighted by molar-refractivity contribution is -0.119. The number of imide groups is 1. The van der Waals surface area contributed by atoms with Gasteiger partial charge in [-0.25, -0.2) is 0 Å². The Hall–Kier alpha value is -2.18. The van der Waals surface area contributed by atoms with Crippen LogP contribution in [-0.2, 0) is 17.8 Å². The monoisotopic (exact) mass is 356 g/mol. The molecule has 4 rings (SSSR count). The van der Waals surface area contributed by atoms with Gasteiger partial charge in [0, 0.05) is 28.5 Å². The second-order valence-electron chi connectivity index (χ2n) is 5.70. The molecule has 6 heteroatoms. The minimum absolute atomic E-state index is 0.239. The van der Waals surface area contributed by atoms with E-state index in [1.54, 1.807) is 11.3 Å². The summed E-state index contributed by atoms with van der Waals surface area (Å²) in [6, 6.07) is 12.2. The third kappa shape index (κ3) is 2.52. The number of thiophene rings is 1. The molecule has 1 N–H and O–H groups in total. The van der Waals surface area contributed by atoms with Crippen molar-refractivity contribution in [1.29, 1.82) is 0 Å². The molecule has 2 atom stereocenters. The van der Waals surface area contributed by atoms with Crippen LogP contribution in [0.1, 0.15) is 15.7 Å². The Kier molecular flexibility index (Phi) is 3.86. The summed E-state index contributed by atoms with van der Waals surface area (Å²) in [5.74, 6) is 3.66. The smallest absolute Gasteiger partial charge is 0.280 e. The SMILES string of the molecule is C=S1C(=O)NC(=O)C1c1cccc2c1ccn2CCc1cccs1. The van der Waals surface area contributed by atoms with E-state index >= 15 is 0 Å². The molecular weight excluding hydrogens is 340 g/mol. The fourth-order valence-corrected chi connectivity index (χ4v) is 5.09. The van der Waals surface area contributed by atoms with E-state index in [2.05, 4.69) is 45.5 Å². The topological polar surface area (TPSA) is 51.1 Å². The van der Waals surface area contributed by atoms with Gasteiger partial charge in [0.1, 0.15) is 5.25 Å². The molecule has 0 bridgehead atoms. The lowest BCUT2D eigenvalue weighted by Gasteiger charge is -2.11. The molecule has 2 amide bonds. The number of hydrogen-bond acceptors (Lipinski definition) is 3. The molecule has 1 fully saturated rings. The van der Waals surface area contributed by atoms with Crippen molar-refractivity contribution in [2.24, 2.45) is 0 Å². The predicted octanol–water partition coefficient (Wildman–Crippen LogP) is 3.94. The van der Waals surface area contributed by atoms with E-state index in [4.69, 9.17) is 0 Å². The minimum atomic E-state index is -0.868. The molecule has 0 radical (unpaired) electrons. The van der Waals surface area contributed by atoms with Crippen LogP contribution in [0, 0.1) is 0 Å². The van der Waals surface area contributed by atoms with Crippen molar-refractivity contribution >= 4 is 49.7 Å². The Bertz CT molecular complexity index is 957. The Labute approximate surface area is 146 Å². The van der Waals surface area contributed by atoms with Gasteiger partial charge >= 0.3 is 0 Å². The van der Waals surface area contributed by atoms with E-state index in [-0.39, 0.29) is 11.1 Å². The van der Waals surface area contributed by atoms with Crippen LogP contribution in [0.4, 0.5) is 4.79 Å². The quantitative estimate of drug-likeness (QED) is 0.720. The van der Waals surface area contributed by atoms with Gasteiger partial charge in [-0.15, -0.1) is 11.3 Å². The lowest BCUT2D eigenvalue weighted by Crippen LogP contribution is -2.20. The fraction of sp³-hybridized carbons (Fsp3) is 0.167. The zero-order chi connectivity index (χ0) is 16.7. The molecule has 122 valence electrons. The molecule has 1 aliphatic heterocycles. The van der Waals surface area contributed by atoms with Crippen molar-refractivity contribution in [3.8, 4) is 0 Å². The van der Waals surface area contributed by atoms with Crippen LogP contribution < -0.4 is 5.32 Å². The maximum Gasteiger partial charge on any atom is 0.280 e. The van der Waals surface area contributed by atoms with Gasteiger partial charge < -0.3 is 4.57 Å². The molecule has 0 saturated carbocycles. The molecule has 0 spiro atoms. The molecule has 2 aromatic heterocycles. The third-order valence-electron chi connectivity index (χ3n) is 4.30. The molecule has 1 saturated heterocycles. The zero-order valence-electron chi connectivity index (χ0n) is 12.9. The Balaban J connectivity index is 1.70. The van der Waals surface area contributed by atoms with Gasteiger partial charge in [0.05, 0.1) is 0 Å². The van der Waals surface area contributed by atoms with Crippen LogP contribution in [-0.4, -0.2) is 21.6 Å². The van der Waals surface area contributed by atoms with E-state index < -0.39 is 15.7 Å². The van der Waals surface area contributed by atoms with Crippen LogP contribution in [0.3, 0.4) is 0 Å². The number of carbonyl (C=O) groups excluding carboxylic acids is 2. The fourth-order valence-electron chi connectivity index (χ4n) is 3.12. The number of aryl methyl sites for hydroxylation is 2. The molecular formula is C18H16N2O2S2. The summed E-state index contributed by atoms with van der Waals surface area (Å²) in [7, 11) is -0.868. The second kappa shape index (κ2) is 6.03. The van der Waals surface area contributed by atoms with Crippen LogP contribution in [0.15, 0.2) is 48.0 Å². The summed E-state index contributed by atoms with van der Waals surface area (Å²) in [5, 5.41) is 4.77. The van der Waals surface area contributed by atoms with E-state index in [1.165, 1.54) is 4.88 Å². The number of nitrogens with one attached hydrogen (secondary N) is 1. The summed E-state index contributed by atoms with van der Waals surface area (Å²) >= 11 is 1.76. The number of aromatic nitrogens is 1.